The molecule has 13 heavy (non-hydrogen) atoms. The van der Waals surface area contributed by atoms with E-state index in [1.165, 1.54) is 20.3 Å². The number of pyridine rings is 1. The molecule has 0 saturated carbocycles. The van der Waals surface area contributed by atoms with Crippen molar-refractivity contribution in [1.29, 1.82) is 0 Å². The smallest absolute Gasteiger partial charge is 0.163 e. The second kappa shape index (κ2) is 4.40. The second-order valence-electron chi connectivity index (χ2n) is 2.56. The Hall–Kier alpha value is -1.64. The van der Waals surface area contributed by atoms with Crippen LogP contribution in [-0.2, 0) is 9.53 Å². The highest BCUT2D eigenvalue weighted by Gasteiger charge is 2.06. The number of methoxy groups -OCH3 is 1. The Bertz CT molecular complexity index is 317. The summed E-state index contributed by atoms with van der Waals surface area (Å²) in [7, 11) is 1.52. The lowest BCUT2D eigenvalue weighted by Crippen LogP contribution is -1.96. The summed E-state index contributed by atoms with van der Waals surface area (Å²) in [5, 5.41) is 0. The van der Waals surface area contributed by atoms with E-state index >= 15 is 0 Å². The Kier molecular flexibility index (Phi) is 3.20. The molecule has 0 bridgehead atoms. The van der Waals surface area contributed by atoms with Crippen LogP contribution in [0, 0.1) is 0 Å². The average molecular weight is 177 g/mol. The van der Waals surface area contributed by atoms with E-state index in [1.54, 1.807) is 24.5 Å². The van der Waals surface area contributed by atoms with E-state index in [0.29, 0.717) is 5.57 Å². The van der Waals surface area contributed by atoms with E-state index in [-0.39, 0.29) is 5.78 Å². The molecule has 0 fully saturated rings. The van der Waals surface area contributed by atoms with Crippen molar-refractivity contribution in [3.8, 4) is 0 Å². The van der Waals surface area contributed by atoms with Crippen LogP contribution in [0.4, 0.5) is 0 Å². The van der Waals surface area contributed by atoms with Crippen LogP contribution in [0.3, 0.4) is 0 Å². The average Bonchev–Trinajstić information content (AvgIpc) is 2.15. The van der Waals surface area contributed by atoms with Crippen LogP contribution < -0.4 is 0 Å². The van der Waals surface area contributed by atoms with Gasteiger partial charge in [0.05, 0.1) is 18.9 Å². The lowest BCUT2D eigenvalue weighted by molar-refractivity contribution is -0.111. The Balaban J connectivity index is 3.03. The van der Waals surface area contributed by atoms with Gasteiger partial charge in [-0.05, 0) is 24.6 Å². The molecule has 0 amide bonds. The van der Waals surface area contributed by atoms with Gasteiger partial charge in [-0.1, -0.05) is 0 Å². The Morgan fingerprint density at radius 2 is 2.08 bits per heavy atom. The molecule has 0 N–H and O–H groups in total. The van der Waals surface area contributed by atoms with Gasteiger partial charge in [-0.3, -0.25) is 9.78 Å². The first kappa shape index (κ1) is 9.45. The van der Waals surface area contributed by atoms with Gasteiger partial charge in [0, 0.05) is 12.4 Å². The third-order valence-electron chi connectivity index (χ3n) is 1.61. The molecule has 0 aliphatic rings. The third kappa shape index (κ3) is 2.40. The van der Waals surface area contributed by atoms with E-state index in [9.17, 15) is 4.79 Å². The van der Waals surface area contributed by atoms with Crippen LogP contribution in [0.25, 0.3) is 5.57 Å². The van der Waals surface area contributed by atoms with Gasteiger partial charge < -0.3 is 4.74 Å². The quantitative estimate of drug-likeness (QED) is 0.520. The summed E-state index contributed by atoms with van der Waals surface area (Å²) in [6.07, 6.45) is 4.72. The van der Waals surface area contributed by atoms with Gasteiger partial charge in [0.1, 0.15) is 0 Å². The van der Waals surface area contributed by atoms with Crippen molar-refractivity contribution in [3.63, 3.8) is 0 Å². The molecular formula is C10H11NO2. The summed E-state index contributed by atoms with van der Waals surface area (Å²) in [6.45, 7) is 1.51. The molecule has 3 heteroatoms. The van der Waals surface area contributed by atoms with Crippen molar-refractivity contribution >= 4 is 11.4 Å². The minimum Gasteiger partial charge on any atom is -0.504 e. The zero-order valence-electron chi connectivity index (χ0n) is 7.65. The maximum Gasteiger partial charge on any atom is 0.163 e. The molecule has 0 aliphatic heterocycles. The number of aromatic nitrogens is 1. The number of hydrogen-bond acceptors (Lipinski definition) is 3. The first-order valence-corrected chi connectivity index (χ1v) is 3.90. The highest BCUT2D eigenvalue weighted by molar-refractivity contribution is 6.19. The van der Waals surface area contributed by atoms with E-state index < -0.39 is 0 Å². The van der Waals surface area contributed by atoms with Crippen LogP contribution in [0.1, 0.15) is 12.5 Å². The summed E-state index contributed by atoms with van der Waals surface area (Å²) < 4.78 is 4.82. The number of nitrogens with zero attached hydrogens (tertiary/aromatic N) is 1. The van der Waals surface area contributed by atoms with Crippen molar-refractivity contribution in [3.05, 3.63) is 36.4 Å². The number of ether oxygens (including phenoxy) is 1. The van der Waals surface area contributed by atoms with Gasteiger partial charge in [0.2, 0.25) is 0 Å². The summed E-state index contributed by atoms with van der Waals surface area (Å²) in [4.78, 5) is 15.0. The molecular weight excluding hydrogens is 166 g/mol. The molecule has 0 spiro atoms. The van der Waals surface area contributed by atoms with Crippen LogP contribution in [0.2, 0.25) is 0 Å². The monoisotopic (exact) mass is 177 g/mol. The maximum absolute atomic E-state index is 11.2. The normalized spacial score (nSPS) is 11.1. The molecule has 68 valence electrons. The van der Waals surface area contributed by atoms with Crippen molar-refractivity contribution in [1.82, 2.24) is 4.98 Å². The molecule has 0 radical (unpaired) electrons. The largest absolute Gasteiger partial charge is 0.504 e. The van der Waals surface area contributed by atoms with Gasteiger partial charge in [-0.25, -0.2) is 0 Å². The van der Waals surface area contributed by atoms with E-state index in [0.717, 1.165) is 5.56 Å². The van der Waals surface area contributed by atoms with E-state index in [4.69, 9.17) is 4.74 Å². The van der Waals surface area contributed by atoms with Gasteiger partial charge in [-0.2, -0.15) is 0 Å². The molecule has 1 aromatic rings. The predicted molar refractivity (Wildman–Crippen MR) is 49.9 cm³/mol. The molecule has 0 unspecified atom stereocenters. The fourth-order valence-electron chi connectivity index (χ4n) is 1.00. The first-order chi connectivity index (χ1) is 6.25. The molecule has 0 atom stereocenters. The number of rotatable bonds is 3. The summed E-state index contributed by atoms with van der Waals surface area (Å²) >= 11 is 0. The number of ketones is 1. The number of carbonyl (C=O) groups is 1. The standard InChI is InChI=1S/C10H11NO2/c1-8(12)10(7-13-2)9-3-5-11-6-4-9/h3-7H,1-2H3/b10-7+. The SMILES string of the molecule is CO/C=C(\C(C)=O)c1ccncc1. The third-order valence-corrected chi connectivity index (χ3v) is 1.61. The Morgan fingerprint density at radius 3 is 2.54 bits per heavy atom. The van der Waals surface area contributed by atoms with Crippen molar-refractivity contribution in [2.24, 2.45) is 0 Å². The number of allylic oxidation sites excluding steroid dienone is 1. The second-order valence-corrected chi connectivity index (χ2v) is 2.56. The van der Waals surface area contributed by atoms with Crippen LogP contribution >= 0.6 is 0 Å². The van der Waals surface area contributed by atoms with Crippen LogP contribution in [0.15, 0.2) is 30.8 Å². The Labute approximate surface area is 77.1 Å². The molecule has 1 rings (SSSR count). The minimum absolute atomic E-state index is 0.0203. The van der Waals surface area contributed by atoms with Crippen molar-refractivity contribution in [2.75, 3.05) is 7.11 Å². The fraction of sp³-hybridized carbons (Fsp3) is 0.200. The number of hydrogen-bond donors (Lipinski definition) is 0. The fourth-order valence-corrected chi connectivity index (χ4v) is 1.00. The highest BCUT2D eigenvalue weighted by Crippen LogP contribution is 2.13. The molecule has 0 aliphatic carbocycles. The van der Waals surface area contributed by atoms with E-state index in [1.807, 2.05) is 0 Å². The Morgan fingerprint density at radius 1 is 1.46 bits per heavy atom. The molecule has 1 heterocycles. The molecule has 3 nitrogen and oxygen atoms in total. The lowest BCUT2D eigenvalue weighted by atomic mass is 10.1. The highest BCUT2D eigenvalue weighted by atomic mass is 16.5. The van der Waals surface area contributed by atoms with Crippen molar-refractivity contribution in [2.45, 2.75) is 6.92 Å². The zero-order chi connectivity index (χ0) is 9.68. The molecule has 0 saturated heterocycles. The molecule has 0 aromatic carbocycles. The van der Waals surface area contributed by atoms with Crippen molar-refractivity contribution < 1.29 is 9.53 Å². The van der Waals surface area contributed by atoms with Crippen LogP contribution in [-0.4, -0.2) is 17.9 Å². The first-order valence-electron chi connectivity index (χ1n) is 3.90. The minimum atomic E-state index is -0.0203. The van der Waals surface area contributed by atoms with Gasteiger partial charge in [-0.15, -0.1) is 0 Å². The van der Waals surface area contributed by atoms with Gasteiger partial charge in [0.15, 0.2) is 5.78 Å². The maximum atomic E-state index is 11.2. The summed E-state index contributed by atoms with van der Waals surface area (Å²) in [6, 6.07) is 3.54. The lowest BCUT2D eigenvalue weighted by Gasteiger charge is -2.01. The molecule has 1 aromatic heterocycles. The van der Waals surface area contributed by atoms with E-state index in [2.05, 4.69) is 4.98 Å². The number of Topliss-reactive ketones (excluding diaryl/α,β-unsaturated/α-hetero) is 1. The summed E-state index contributed by atoms with van der Waals surface area (Å²) in [5.74, 6) is -0.0203. The van der Waals surface area contributed by atoms with Crippen LogP contribution in [0.5, 0.6) is 0 Å². The zero-order valence-corrected chi connectivity index (χ0v) is 7.65. The topological polar surface area (TPSA) is 39.2 Å². The van der Waals surface area contributed by atoms with Gasteiger partial charge in [0.25, 0.3) is 0 Å². The predicted octanol–water partition coefficient (Wildman–Crippen LogP) is 1.66. The van der Waals surface area contributed by atoms with Gasteiger partial charge >= 0.3 is 0 Å². The summed E-state index contributed by atoms with van der Waals surface area (Å²) in [5.41, 5.74) is 1.38. The number of carbonyl (C=O) groups excluding carboxylic acids is 1.